The van der Waals surface area contributed by atoms with Crippen molar-refractivity contribution in [3.8, 4) is 0 Å². The van der Waals surface area contributed by atoms with Crippen LogP contribution in [0.25, 0.3) is 10.9 Å². The predicted molar refractivity (Wildman–Crippen MR) is 287 cm³/mol. The number of methoxy groups -OCH3 is 2. The summed E-state index contributed by atoms with van der Waals surface area (Å²) >= 11 is 1.10. The molecule has 2 fully saturated rings. The zero-order chi connectivity index (χ0) is 55.8. The van der Waals surface area contributed by atoms with E-state index in [-0.39, 0.29) is 67.0 Å². The van der Waals surface area contributed by atoms with Crippen LogP contribution in [0.15, 0.2) is 30.5 Å². The number of hydrogen-bond donors (Lipinski definition) is 6. The molecule has 75 heavy (non-hydrogen) atoms. The lowest BCUT2D eigenvalue weighted by atomic mass is 9.87. The molecule has 0 aliphatic carbocycles. The second-order valence-electron chi connectivity index (χ2n) is 21.2. The average molecular weight is 1070 g/mol. The highest BCUT2D eigenvalue weighted by Crippen LogP contribution is 2.31. The summed E-state index contributed by atoms with van der Waals surface area (Å²) in [6.45, 7) is 14.7. The monoisotopic (exact) mass is 1070 g/mol. The Balaban J connectivity index is 1.36. The molecule has 6 amide bonds. The van der Waals surface area contributed by atoms with Gasteiger partial charge in [-0.25, -0.2) is 4.79 Å². The molecule has 1 unspecified atom stereocenters. The molecule has 0 bridgehead atoms. The summed E-state index contributed by atoms with van der Waals surface area (Å²) in [5, 5.41) is 24.9. The second kappa shape index (κ2) is 29.5. The first-order valence-corrected chi connectivity index (χ1v) is 27.7. The Morgan fingerprint density at radius 3 is 2.16 bits per heavy atom. The number of thioether (sulfide) groups is 1. The number of hydrogen-bond acceptors (Lipinski definition) is 14. The maximum atomic E-state index is 14.5. The van der Waals surface area contributed by atoms with Crippen molar-refractivity contribution in [1.29, 1.82) is 0 Å². The van der Waals surface area contributed by atoms with E-state index in [1.807, 2.05) is 82.8 Å². The summed E-state index contributed by atoms with van der Waals surface area (Å²) in [5.41, 5.74) is 7.20. The van der Waals surface area contributed by atoms with E-state index in [0.29, 0.717) is 38.8 Å². The van der Waals surface area contributed by atoms with E-state index in [4.69, 9.17) is 20.3 Å². The molecular formula is C54H86N8O12S. The number of imide groups is 2. The van der Waals surface area contributed by atoms with Crippen LogP contribution in [0.5, 0.6) is 0 Å². The Bertz CT molecular complexity index is 2260. The lowest BCUT2D eigenvalue weighted by Crippen LogP contribution is -2.60. The van der Waals surface area contributed by atoms with Crippen LogP contribution in [0.1, 0.15) is 112 Å². The van der Waals surface area contributed by atoms with E-state index < -0.39 is 89.3 Å². The number of rotatable bonds is 32. The SMILES string of the molecule is CC[C@H](C)[C@@H]([C@@H](CC(=O)N1CCC[C@H]1[C@H](OC)[C@@H](C)C(=O)N[C@@H](Cc1c[nH]c2ccccc12)C(=O)O)OC)N(C)[C@H](C(=O)NC(=O)[C@H](C(C)C)N(C)CCCCCCN1C(=O)CC(SC[C@H](N)C(=O)O)C1=O)C(C)C. The molecule has 1 aromatic heterocycles. The molecule has 3 heterocycles. The van der Waals surface area contributed by atoms with Gasteiger partial charge in [-0.05, 0) is 75.7 Å². The zero-order valence-corrected chi connectivity index (χ0v) is 46.9. The Kier molecular flexibility index (Phi) is 24.7. The summed E-state index contributed by atoms with van der Waals surface area (Å²) in [4.78, 5) is 116. The van der Waals surface area contributed by atoms with Crippen LogP contribution in [0.2, 0.25) is 0 Å². The van der Waals surface area contributed by atoms with Gasteiger partial charge in [-0.3, -0.25) is 53.6 Å². The van der Waals surface area contributed by atoms with Crippen molar-refractivity contribution < 1.29 is 58.0 Å². The third-order valence-electron chi connectivity index (χ3n) is 15.2. The number of unbranched alkanes of at least 4 members (excludes halogenated alkanes) is 3. The standard InChI is InChI=1S/C54H86N8O12S/c1-12-33(6)47(41(73-10)27-43(63)61-25-19-22-40(61)48(74-11)34(7)49(65)57-39(54(71)72)26-35-29-56-38-21-16-15-20-36(35)38)60(9)46(32(4)5)51(67)58-50(66)45(31(2)3)59(8)23-17-13-14-18-24-62-44(64)28-42(52(62)68)75-30-37(55)53(69)70/h15-16,20-21,29,31-34,37,39-42,45-48,56H,12-14,17-19,22-28,30,55H2,1-11H3,(H,57,65)(H,69,70)(H,71,72)(H,58,66,67)/t33-,34+,37-,39-,40-,41+,42?,45-,46-,47-,48+/m0/s1. The Morgan fingerprint density at radius 1 is 0.893 bits per heavy atom. The number of aromatic amines is 1. The molecule has 2 aliphatic heterocycles. The minimum atomic E-state index is -1.20. The van der Waals surface area contributed by atoms with Gasteiger partial charge < -0.3 is 40.6 Å². The van der Waals surface area contributed by atoms with E-state index in [2.05, 4.69) is 22.5 Å². The van der Waals surface area contributed by atoms with Gasteiger partial charge in [-0.2, -0.15) is 0 Å². The zero-order valence-electron chi connectivity index (χ0n) is 46.0. The van der Waals surface area contributed by atoms with Gasteiger partial charge in [0.2, 0.25) is 35.4 Å². The van der Waals surface area contributed by atoms with E-state index >= 15 is 0 Å². The van der Waals surface area contributed by atoms with Crippen LogP contribution in [-0.4, -0.2) is 190 Å². The number of H-pyrrole nitrogens is 1. The van der Waals surface area contributed by atoms with Crippen molar-refractivity contribution >= 4 is 70.0 Å². The van der Waals surface area contributed by atoms with Gasteiger partial charge in [-0.1, -0.05) is 85.9 Å². The maximum absolute atomic E-state index is 14.5. The normalized spacial score (nSPS) is 19.8. The fourth-order valence-corrected chi connectivity index (χ4v) is 12.2. The molecule has 4 rings (SSSR count). The van der Waals surface area contributed by atoms with E-state index in [1.165, 1.54) is 12.0 Å². The topological polar surface area (TPSA) is 274 Å². The average Bonchev–Trinajstić information content (AvgIpc) is 4.08. The molecule has 420 valence electrons. The number of benzene rings is 1. The van der Waals surface area contributed by atoms with Gasteiger partial charge in [0, 0.05) is 69.0 Å². The quantitative estimate of drug-likeness (QED) is 0.0444. The minimum absolute atomic E-state index is 0.0272. The fraction of sp³-hybridized carbons (Fsp3) is 0.704. The molecule has 0 spiro atoms. The number of nitrogens with two attached hydrogens (primary N) is 1. The number of likely N-dealkylation sites (N-methyl/N-ethyl adjacent to an activating group) is 2. The predicted octanol–water partition coefficient (Wildman–Crippen LogP) is 4.13. The van der Waals surface area contributed by atoms with E-state index in [1.54, 1.807) is 25.1 Å². The number of nitrogens with zero attached hydrogens (tertiary/aromatic N) is 4. The number of fused-ring (bicyclic) bond motifs is 1. The van der Waals surface area contributed by atoms with Gasteiger partial charge in [0.25, 0.3) is 0 Å². The molecule has 2 aliphatic rings. The number of aliphatic carboxylic acids is 2. The number of carboxylic acid groups (broad SMARTS) is 2. The van der Waals surface area contributed by atoms with Crippen molar-refractivity contribution in [3.05, 3.63) is 36.0 Å². The maximum Gasteiger partial charge on any atom is 0.326 e. The van der Waals surface area contributed by atoms with E-state index in [9.17, 15) is 43.5 Å². The molecule has 1 aromatic carbocycles. The Labute approximate surface area is 447 Å². The highest BCUT2D eigenvalue weighted by molar-refractivity contribution is 8.00. The first-order chi connectivity index (χ1) is 35.5. The summed E-state index contributed by atoms with van der Waals surface area (Å²) in [6.07, 6.45) is 5.24. The molecule has 11 atom stereocenters. The number of carbonyl (C=O) groups excluding carboxylic acids is 6. The molecular weight excluding hydrogens is 985 g/mol. The number of aromatic nitrogens is 1. The lowest BCUT2D eigenvalue weighted by Gasteiger charge is -2.43. The Hall–Kier alpha value is -4.93. The molecule has 7 N–H and O–H groups in total. The van der Waals surface area contributed by atoms with Crippen molar-refractivity contribution in [2.24, 2.45) is 29.4 Å². The number of ether oxygens (including phenoxy) is 2. The largest absolute Gasteiger partial charge is 0.480 e. The number of likely N-dealkylation sites (tertiary alicyclic amines) is 2. The number of nitrogens with one attached hydrogen (secondary N) is 3. The van der Waals surface area contributed by atoms with E-state index in [0.717, 1.165) is 47.5 Å². The molecule has 2 aromatic rings. The summed E-state index contributed by atoms with van der Waals surface area (Å²) in [5.74, 6) is -5.69. The summed E-state index contributed by atoms with van der Waals surface area (Å²) < 4.78 is 12.1. The summed E-state index contributed by atoms with van der Waals surface area (Å²) in [6, 6.07) is 2.95. The lowest BCUT2D eigenvalue weighted by molar-refractivity contribution is -0.146. The number of carboxylic acids is 2. The van der Waals surface area contributed by atoms with Crippen LogP contribution in [0.3, 0.4) is 0 Å². The van der Waals surface area contributed by atoms with Crippen LogP contribution in [0.4, 0.5) is 0 Å². The third-order valence-corrected chi connectivity index (χ3v) is 16.6. The van der Waals surface area contributed by atoms with Crippen molar-refractivity contribution in [2.75, 3.05) is 53.7 Å². The first kappa shape index (κ1) is 62.6. The van der Waals surface area contributed by atoms with Gasteiger partial charge in [0.05, 0.1) is 47.9 Å². The van der Waals surface area contributed by atoms with Crippen molar-refractivity contribution in [2.45, 2.75) is 166 Å². The van der Waals surface area contributed by atoms with Crippen molar-refractivity contribution in [1.82, 2.24) is 35.2 Å². The van der Waals surface area contributed by atoms with Gasteiger partial charge >= 0.3 is 11.9 Å². The first-order valence-electron chi connectivity index (χ1n) is 26.6. The van der Waals surface area contributed by atoms with Gasteiger partial charge in [0.15, 0.2) is 0 Å². The minimum Gasteiger partial charge on any atom is -0.480 e. The number of carbonyl (C=O) groups is 8. The van der Waals surface area contributed by atoms with Gasteiger partial charge in [0.1, 0.15) is 12.1 Å². The molecule has 2 saturated heterocycles. The molecule has 21 heteroatoms. The smallest absolute Gasteiger partial charge is 0.326 e. The summed E-state index contributed by atoms with van der Waals surface area (Å²) in [7, 11) is 6.73. The number of para-hydroxylation sites is 1. The van der Waals surface area contributed by atoms with Crippen molar-refractivity contribution in [3.63, 3.8) is 0 Å². The van der Waals surface area contributed by atoms with Crippen LogP contribution in [0, 0.1) is 23.7 Å². The number of amides is 6. The second-order valence-corrected chi connectivity index (χ2v) is 22.5. The fourth-order valence-electron chi connectivity index (χ4n) is 11.1. The van der Waals surface area contributed by atoms with Gasteiger partial charge in [-0.15, -0.1) is 11.8 Å². The molecule has 0 radical (unpaired) electrons. The van der Waals surface area contributed by atoms with Crippen LogP contribution < -0.4 is 16.4 Å². The van der Waals surface area contributed by atoms with Crippen LogP contribution in [-0.2, 0) is 54.3 Å². The highest BCUT2D eigenvalue weighted by atomic mass is 32.2. The molecule has 20 nitrogen and oxygen atoms in total. The third kappa shape index (κ3) is 16.5. The highest BCUT2D eigenvalue weighted by Gasteiger charge is 2.44. The van der Waals surface area contributed by atoms with Crippen LogP contribution >= 0.6 is 11.8 Å². The molecule has 0 saturated carbocycles. The Morgan fingerprint density at radius 2 is 1.55 bits per heavy atom.